The van der Waals surface area contributed by atoms with Gasteiger partial charge in [-0.3, -0.25) is 0 Å². The molecule has 0 radical (unpaired) electrons. The third-order valence-corrected chi connectivity index (χ3v) is 3.54. The van der Waals surface area contributed by atoms with Crippen LogP contribution in [0, 0.1) is 0 Å². The summed E-state index contributed by atoms with van der Waals surface area (Å²) in [6, 6.07) is 9.71. The van der Waals surface area contributed by atoms with Crippen molar-refractivity contribution >= 4 is 23.4 Å². The normalized spacial score (nSPS) is 10.6. The Labute approximate surface area is 128 Å². The first-order valence-corrected chi connectivity index (χ1v) is 8.17. The van der Waals surface area contributed by atoms with Crippen molar-refractivity contribution in [3.05, 3.63) is 41.0 Å². The number of rotatable bonds is 6. The Balaban J connectivity index is 2.07. The standard InChI is InChI=1S/C15H17ClN2OS/c1-3-4-5-11-6-8-12(9-7-11)19-14-10-13(16)17-15(18-14)20-2/h6-10H,3-5H2,1-2H3. The van der Waals surface area contributed by atoms with Crippen LogP contribution in [-0.4, -0.2) is 16.2 Å². The predicted octanol–water partition coefficient (Wildman–Crippen LogP) is 4.99. The number of unbranched alkanes of at least 4 members (excludes halogenated alkanes) is 1. The molecule has 0 aliphatic rings. The quantitative estimate of drug-likeness (QED) is 0.428. The van der Waals surface area contributed by atoms with Crippen molar-refractivity contribution in [2.24, 2.45) is 0 Å². The Bertz CT molecular complexity index is 560. The highest BCUT2D eigenvalue weighted by Gasteiger charge is 2.05. The van der Waals surface area contributed by atoms with Crippen LogP contribution in [0.25, 0.3) is 0 Å². The first-order valence-electron chi connectivity index (χ1n) is 6.56. The number of thioether (sulfide) groups is 1. The Morgan fingerprint density at radius 3 is 2.60 bits per heavy atom. The molecule has 2 rings (SSSR count). The number of halogens is 1. The molecule has 5 heteroatoms. The lowest BCUT2D eigenvalue weighted by Gasteiger charge is -2.07. The van der Waals surface area contributed by atoms with Crippen LogP contribution in [0.3, 0.4) is 0 Å². The molecule has 0 aliphatic carbocycles. The van der Waals surface area contributed by atoms with E-state index in [1.165, 1.54) is 30.2 Å². The Morgan fingerprint density at radius 1 is 1.20 bits per heavy atom. The smallest absolute Gasteiger partial charge is 0.224 e. The van der Waals surface area contributed by atoms with E-state index in [0.717, 1.165) is 12.2 Å². The van der Waals surface area contributed by atoms with Crippen molar-refractivity contribution in [2.45, 2.75) is 31.3 Å². The van der Waals surface area contributed by atoms with E-state index in [1.54, 1.807) is 6.07 Å². The molecule has 0 saturated carbocycles. The summed E-state index contributed by atoms with van der Waals surface area (Å²) in [5.41, 5.74) is 1.32. The zero-order valence-electron chi connectivity index (χ0n) is 11.6. The molecule has 106 valence electrons. The fraction of sp³-hybridized carbons (Fsp3) is 0.333. The van der Waals surface area contributed by atoms with Crippen molar-refractivity contribution in [1.29, 1.82) is 0 Å². The van der Waals surface area contributed by atoms with Gasteiger partial charge in [-0.25, -0.2) is 4.98 Å². The van der Waals surface area contributed by atoms with Gasteiger partial charge in [-0.2, -0.15) is 4.98 Å². The molecule has 0 aliphatic heterocycles. The lowest BCUT2D eigenvalue weighted by atomic mass is 10.1. The number of nitrogens with zero attached hydrogens (tertiary/aromatic N) is 2. The molecule has 2 aromatic rings. The van der Waals surface area contributed by atoms with E-state index in [4.69, 9.17) is 16.3 Å². The highest BCUT2D eigenvalue weighted by molar-refractivity contribution is 7.98. The minimum Gasteiger partial charge on any atom is -0.439 e. The summed E-state index contributed by atoms with van der Waals surface area (Å²) >= 11 is 7.37. The second kappa shape index (κ2) is 7.50. The molecule has 1 heterocycles. The maximum absolute atomic E-state index is 5.93. The second-order valence-corrected chi connectivity index (χ2v) is 5.53. The highest BCUT2D eigenvalue weighted by Crippen LogP contribution is 2.24. The fourth-order valence-corrected chi connectivity index (χ4v) is 2.34. The van der Waals surface area contributed by atoms with Crippen molar-refractivity contribution in [3.8, 4) is 11.6 Å². The molecule has 1 aromatic carbocycles. The third-order valence-electron chi connectivity index (χ3n) is 2.80. The molecular formula is C15H17ClN2OS. The zero-order chi connectivity index (χ0) is 14.4. The maximum atomic E-state index is 5.93. The Hall–Kier alpha value is -1.26. The summed E-state index contributed by atoms with van der Waals surface area (Å²) in [6.45, 7) is 2.19. The van der Waals surface area contributed by atoms with Gasteiger partial charge in [0.1, 0.15) is 10.9 Å². The van der Waals surface area contributed by atoms with Crippen molar-refractivity contribution in [3.63, 3.8) is 0 Å². The van der Waals surface area contributed by atoms with Gasteiger partial charge in [-0.05, 0) is 36.8 Å². The van der Waals surface area contributed by atoms with Crippen LogP contribution in [0.2, 0.25) is 5.15 Å². The highest BCUT2D eigenvalue weighted by atomic mass is 35.5. The van der Waals surface area contributed by atoms with Gasteiger partial charge in [-0.15, -0.1) is 0 Å². The minimum absolute atomic E-state index is 0.388. The van der Waals surface area contributed by atoms with Gasteiger partial charge in [-0.1, -0.05) is 48.8 Å². The molecular weight excluding hydrogens is 292 g/mol. The van der Waals surface area contributed by atoms with Crippen molar-refractivity contribution in [1.82, 2.24) is 9.97 Å². The van der Waals surface area contributed by atoms with E-state index in [2.05, 4.69) is 29.0 Å². The van der Waals surface area contributed by atoms with Gasteiger partial charge < -0.3 is 4.74 Å². The van der Waals surface area contributed by atoms with Gasteiger partial charge in [0.05, 0.1) is 0 Å². The van der Waals surface area contributed by atoms with E-state index in [0.29, 0.717) is 16.2 Å². The Morgan fingerprint density at radius 2 is 1.95 bits per heavy atom. The SMILES string of the molecule is CCCCc1ccc(Oc2cc(Cl)nc(SC)n2)cc1. The molecule has 0 saturated heterocycles. The predicted molar refractivity (Wildman–Crippen MR) is 84.0 cm³/mol. The molecule has 0 atom stereocenters. The van der Waals surface area contributed by atoms with Gasteiger partial charge in [0.25, 0.3) is 0 Å². The second-order valence-electron chi connectivity index (χ2n) is 4.37. The third kappa shape index (κ3) is 4.39. The van der Waals surface area contributed by atoms with Crippen LogP contribution in [0.1, 0.15) is 25.3 Å². The molecule has 0 bridgehead atoms. The van der Waals surface area contributed by atoms with E-state index in [9.17, 15) is 0 Å². The largest absolute Gasteiger partial charge is 0.439 e. The number of aromatic nitrogens is 2. The monoisotopic (exact) mass is 308 g/mol. The molecule has 20 heavy (non-hydrogen) atoms. The average molecular weight is 309 g/mol. The molecule has 0 N–H and O–H groups in total. The number of benzene rings is 1. The number of ether oxygens (including phenoxy) is 1. The lowest BCUT2D eigenvalue weighted by Crippen LogP contribution is -1.93. The summed E-state index contributed by atoms with van der Waals surface area (Å²) in [4.78, 5) is 8.34. The van der Waals surface area contributed by atoms with Gasteiger partial charge >= 0.3 is 0 Å². The lowest BCUT2D eigenvalue weighted by molar-refractivity contribution is 0.455. The topological polar surface area (TPSA) is 35.0 Å². The molecule has 0 unspecified atom stereocenters. The molecule has 3 nitrogen and oxygen atoms in total. The van der Waals surface area contributed by atoms with Gasteiger partial charge in [0, 0.05) is 6.07 Å². The fourth-order valence-electron chi connectivity index (χ4n) is 1.75. The van der Waals surface area contributed by atoms with E-state index in [1.807, 2.05) is 18.4 Å². The first-order chi connectivity index (χ1) is 9.71. The van der Waals surface area contributed by atoms with Crippen LogP contribution in [0.15, 0.2) is 35.5 Å². The van der Waals surface area contributed by atoms with Crippen LogP contribution in [0.5, 0.6) is 11.6 Å². The van der Waals surface area contributed by atoms with E-state index >= 15 is 0 Å². The molecule has 1 aromatic heterocycles. The van der Waals surface area contributed by atoms with Crippen LogP contribution in [-0.2, 0) is 6.42 Å². The van der Waals surface area contributed by atoms with Gasteiger partial charge in [0.2, 0.25) is 5.88 Å². The Kier molecular flexibility index (Phi) is 5.68. The number of hydrogen-bond acceptors (Lipinski definition) is 4. The van der Waals surface area contributed by atoms with Crippen LogP contribution >= 0.6 is 23.4 Å². The van der Waals surface area contributed by atoms with Crippen molar-refractivity contribution < 1.29 is 4.74 Å². The summed E-state index contributed by atoms with van der Waals surface area (Å²) in [6.07, 6.45) is 5.42. The first kappa shape index (κ1) is 15.1. The van der Waals surface area contributed by atoms with Crippen molar-refractivity contribution in [2.75, 3.05) is 6.26 Å². The minimum atomic E-state index is 0.388. The van der Waals surface area contributed by atoms with Gasteiger partial charge in [0.15, 0.2) is 5.16 Å². The average Bonchev–Trinajstić information content (AvgIpc) is 2.46. The van der Waals surface area contributed by atoms with E-state index in [-0.39, 0.29) is 0 Å². The summed E-state index contributed by atoms with van der Waals surface area (Å²) in [5.74, 6) is 1.22. The number of aryl methyl sites for hydroxylation is 1. The van der Waals surface area contributed by atoms with Crippen LogP contribution in [0.4, 0.5) is 0 Å². The van der Waals surface area contributed by atoms with E-state index < -0.39 is 0 Å². The zero-order valence-corrected chi connectivity index (χ0v) is 13.2. The number of hydrogen-bond donors (Lipinski definition) is 0. The molecule has 0 spiro atoms. The summed E-state index contributed by atoms with van der Waals surface area (Å²) in [5, 5.41) is 0.992. The molecule has 0 fully saturated rings. The van der Waals surface area contributed by atoms with Crippen LogP contribution < -0.4 is 4.74 Å². The summed E-state index contributed by atoms with van der Waals surface area (Å²) < 4.78 is 5.71. The maximum Gasteiger partial charge on any atom is 0.224 e. The molecule has 0 amide bonds. The summed E-state index contributed by atoms with van der Waals surface area (Å²) in [7, 11) is 0.